The molecule has 2 aromatic rings. The molecular formula is C12H11BrN4O. The fourth-order valence-corrected chi connectivity index (χ4v) is 1.58. The summed E-state index contributed by atoms with van der Waals surface area (Å²) in [5.41, 5.74) is 6.76. The van der Waals surface area contributed by atoms with Crippen LogP contribution in [0.4, 0.5) is 11.5 Å². The van der Waals surface area contributed by atoms with Crippen molar-refractivity contribution in [2.45, 2.75) is 6.42 Å². The largest absolute Gasteiger partial charge is 0.397 e. The van der Waals surface area contributed by atoms with E-state index >= 15 is 0 Å². The smallest absolute Gasteiger partial charge is 0.231 e. The molecule has 0 bridgehead atoms. The summed E-state index contributed by atoms with van der Waals surface area (Å²) in [7, 11) is 0. The van der Waals surface area contributed by atoms with Crippen LogP contribution in [0.5, 0.6) is 0 Å². The molecule has 0 unspecified atom stereocenters. The van der Waals surface area contributed by atoms with Gasteiger partial charge in [0.15, 0.2) is 0 Å². The van der Waals surface area contributed by atoms with Crippen LogP contribution in [0.2, 0.25) is 0 Å². The highest BCUT2D eigenvalue weighted by Gasteiger charge is 2.05. The number of hydrogen-bond donors (Lipinski definition) is 2. The van der Waals surface area contributed by atoms with Crippen molar-refractivity contribution < 1.29 is 4.79 Å². The van der Waals surface area contributed by atoms with Crippen molar-refractivity contribution in [2.75, 3.05) is 11.1 Å². The van der Waals surface area contributed by atoms with Crippen molar-refractivity contribution in [1.29, 1.82) is 0 Å². The fourth-order valence-electron chi connectivity index (χ4n) is 1.34. The molecule has 2 aromatic heterocycles. The molecule has 0 aliphatic carbocycles. The second-order valence-corrected chi connectivity index (χ2v) is 4.59. The quantitative estimate of drug-likeness (QED) is 0.909. The van der Waals surface area contributed by atoms with Crippen LogP contribution < -0.4 is 11.1 Å². The minimum Gasteiger partial charge on any atom is -0.397 e. The summed E-state index contributed by atoms with van der Waals surface area (Å²) >= 11 is 3.28. The van der Waals surface area contributed by atoms with Crippen molar-refractivity contribution in [2.24, 2.45) is 0 Å². The fraction of sp³-hybridized carbons (Fsp3) is 0.0833. The van der Waals surface area contributed by atoms with Gasteiger partial charge in [0.05, 0.1) is 18.3 Å². The summed E-state index contributed by atoms with van der Waals surface area (Å²) in [6.45, 7) is 0. The Labute approximate surface area is 113 Å². The highest BCUT2D eigenvalue weighted by atomic mass is 79.9. The number of carbonyl (C=O) groups is 1. The summed E-state index contributed by atoms with van der Waals surface area (Å²) in [5, 5.41) is 2.69. The number of pyridine rings is 2. The zero-order chi connectivity index (χ0) is 13.0. The number of hydrogen-bond acceptors (Lipinski definition) is 4. The number of nitrogens with two attached hydrogens (primary N) is 1. The zero-order valence-electron chi connectivity index (χ0n) is 9.43. The molecule has 0 fully saturated rings. The Morgan fingerprint density at radius 2 is 2.06 bits per heavy atom. The Morgan fingerprint density at radius 1 is 1.22 bits per heavy atom. The van der Waals surface area contributed by atoms with Crippen LogP contribution in [0.3, 0.4) is 0 Å². The predicted octanol–water partition coefficient (Wildman–Crippen LogP) is 2.00. The molecule has 0 aliphatic rings. The molecule has 0 radical (unpaired) electrons. The summed E-state index contributed by atoms with van der Waals surface area (Å²) in [4.78, 5) is 19.8. The van der Waals surface area contributed by atoms with E-state index in [1.54, 1.807) is 24.4 Å². The number of anilines is 2. The lowest BCUT2D eigenvalue weighted by atomic mass is 10.2. The first kappa shape index (κ1) is 12.5. The van der Waals surface area contributed by atoms with E-state index in [-0.39, 0.29) is 12.3 Å². The molecule has 6 heteroatoms. The van der Waals surface area contributed by atoms with E-state index in [0.717, 1.165) is 4.47 Å². The van der Waals surface area contributed by atoms with Crippen LogP contribution in [-0.2, 0) is 11.2 Å². The van der Waals surface area contributed by atoms with Gasteiger partial charge in [-0.05, 0) is 40.2 Å². The average molecular weight is 307 g/mol. The molecule has 0 saturated heterocycles. The Kier molecular flexibility index (Phi) is 3.88. The number of nitrogens with zero attached hydrogens (tertiary/aromatic N) is 2. The number of halogens is 1. The average Bonchev–Trinajstić information content (AvgIpc) is 2.35. The Balaban J connectivity index is 1.96. The monoisotopic (exact) mass is 306 g/mol. The van der Waals surface area contributed by atoms with Gasteiger partial charge in [-0.2, -0.15) is 0 Å². The lowest BCUT2D eigenvalue weighted by Crippen LogP contribution is -2.15. The Morgan fingerprint density at radius 3 is 2.67 bits per heavy atom. The Bertz CT molecular complexity index is 490. The van der Waals surface area contributed by atoms with E-state index in [1.165, 1.54) is 6.20 Å². The van der Waals surface area contributed by atoms with E-state index in [0.29, 0.717) is 17.2 Å². The van der Waals surface area contributed by atoms with Gasteiger partial charge in [-0.15, -0.1) is 0 Å². The minimum atomic E-state index is -0.165. The van der Waals surface area contributed by atoms with Crippen LogP contribution in [-0.4, -0.2) is 15.9 Å². The molecule has 2 heterocycles. The summed E-state index contributed by atoms with van der Waals surface area (Å²) in [6.07, 6.45) is 3.34. The van der Waals surface area contributed by atoms with E-state index in [9.17, 15) is 4.79 Å². The van der Waals surface area contributed by atoms with E-state index in [2.05, 4.69) is 31.2 Å². The molecule has 0 aliphatic heterocycles. The molecule has 0 spiro atoms. The number of aromatic nitrogens is 2. The lowest BCUT2D eigenvalue weighted by Gasteiger charge is -2.04. The van der Waals surface area contributed by atoms with E-state index < -0.39 is 0 Å². The van der Waals surface area contributed by atoms with Crippen molar-refractivity contribution >= 4 is 33.3 Å². The van der Waals surface area contributed by atoms with Gasteiger partial charge in [0, 0.05) is 16.4 Å². The number of rotatable bonds is 3. The number of nitrogens with one attached hydrogen (secondary N) is 1. The van der Waals surface area contributed by atoms with Crippen molar-refractivity contribution in [3.8, 4) is 0 Å². The highest BCUT2D eigenvalue weighted by Crippen LogP contribution is 2.11. The SMILES string of the molecule is Nc1ccc(CC(=O)Nc2ccc(Br)cn2)nc1. The number of carbonyl (C=O) groups excluding carboxylic acids is 1. The third-order valence-corrected chi connectivity index (χ3v) is 2.65. The van der Waals surface area contributed by atoms with Crippen LogP contribution in [0.1, 0.15) is 5.69 Å². The summed E-state index contributed by atoms with van der Waals surface area (Å²) < 4.78 is 0.862. The summed E-state index contributed by atoms with van der Waals surface area (Å²) in [5.74, 6) is 0.348. The van der Waals surface area contributed by atoms with Crippen LogP contribution in [0.25, 0.3) is 0 Å². The topological polar surface area (TPSA) is 80.9 Å². The zero-order valence-corrected chi connectivity index (χ0v) is 11.0. The van der Waals surface area contributed by atoms with Gasteiger partial charge >= 0.3 is 0 Å². The molecule has 0 aromatic carbocycles. The molecule has 0 atom stereocenters. The first-order valence-electron chi connectivity index (χ1n) is 5.25. The molecular weight excluding hydrogens is 296 g/mol. The maximum atomic E-state index is 11.7. The first-order valence-corrected chi connectivity index (χ1v) is 6.04. The Hall–Kier alpha value is -1.95. The third kappa shape index (κ3) is 3.53. The number of amides is 1. The molecule has 2 rings (SSSR count). The number of nitrogen functional groups attached to an aromatic ring is 1. The van der Waals surface area contributed by atoms with Gasteiger partial charge < -0.3 is 11.1 Å². The third-order valence-electron chi connectivity index (χ3n) is 2.18. The highest BCUT2D eigenvalue weighted by molar-refractivity contribution is 9.10. The molecule has 18 heavy (non-hydrogen) atoms. The van der Waals surface area contributed by atoms with Gasteiger partial charge in [0.2, 0.25) is 5.91 Å². The molecule has 3 N–H and O–H groups in total. The molecule has 0 saturated carbocycles. The maximum Gasteiger partial charge on any atom is 0.231 e. The molecule has 5 nitrogen and oxygen atoms in total. The van der Waals surface area contributed by atoms with Gasteiger partial charge in [0.25, 0.3) is 0 Å². The normalized spacial score (nSPS) is 10.1. The molecule has 92 valence electrons. The van der Waals surface area contributed by atoms with Crippen molar-refractivity contribution in [3.05, 3.63) is 46.8 Å². The lowest BCUT2D eigenvalue weighted by molar-refractivity contribution is -0.115. The van der Waals surface area contributed by atoms with Gasteiger partial charge in [-0.1, -0.05) is 0 Å². The standard InChI is InChI=1S/C12H11BrN4O/c13-8-1-4-11(16-6-8)17-12(18)5-10-3-2-9(14)7-15-10/h1-4,6-7H,5,14H2,(H,16,17,18). The van der Waals surface area contributed by atoms with E-state index in [1.807, 2.05) is 6.07 Å². The van der Waals surface area contributed by atoms with Gasteiger partial charge in [-0.3, -0.25) is 9.78 Å². The van der Waals surface area contributed by atoms with Gasteiger partial charge in [-0.25, -0.2) is 4.98 Å². The van der Waals surface area contributed by atoms with Gasteiger partial charge in [0.1, 0.15) is 5.82 Å². The first-order chi connectivity index (χ1) is 8.63. The van der Waals surface area contributed by atoms with Crippen molar-refractivity contribution in [3.63, 3.8) is 0 Å². The predicted molar refractivity (Wildman–Crippen MR) is 72.9 cm³/mol. The van der Waals surface area contributed by atoms with Crippen LogP contribution >= 0.6 is 15.9 Å². The summed E-state index contributed by atoms with van der Waals surface area (Å²) in [6, 6.07) is 6.97. The maximum absolute atomic E-state index is 11.7. The van der Waals surface area contributed by atoms with E-state index in [4.69, 9.17) is 5.73 Å². The van der Waals surface area contributed by atoms with Crippen LogP contribution in [0, 0.1) is 0 Å². The molecule has 1 amide bonds. The second kappa shape index (κ2) is 5.59. The van der Waals surface area contributed by atoms with Crippen LogP contribution in [0.15, 0.2) is 41.1 Å². The minimum absolute atomic E-state index is 0.165. The van der Waals surface area contributed by atoms with Crippen molar-refractivity contribution in [1.82, 2.24) is 9.97 Å². The second-order valence-electron chi connectivity index (χ2n) is 3.67.